The first-order chi connectivity index (χ1) is 5.16. The fraction of sp³-hybridized carbons (Fsp3) is 0.600. The van der Waals surface area contributed by atoms with Crippen molar-refractivity contribution >= 4 is 0 Å². The molecule has 0 bridgehead atoms. The molecule has 0 aliphatic carbocycles. The number of rotatable bonds is 4. The molecule has 0 heterocycles. The smallest absolute Gasteiger partial charge is 0.294 e. The number of hydrogen-bond donors (Lipinski definition) is 2. The first-order valence-corrected chi connectivity index (χ1v) is 2.73. The minimum absolute atomic E-state index is 0.483. The van der Waals surface area contributed by atoms with E-state index in [-0.39, 0.29) is 0 Å². The molecular weight excluding hydrogens is 154 g/mol. The van der Waals surface area contributed by atoms with Crippen LogP contribution in [0.25, 0.3) is 0 Å². The van der Waals surface area contributed by atoms with Gasteiger partial charge in [-0.1, -0.05) is 0 Å². The number of aliphatic hydroxyl groups is 2. The minimum Gasteiger partial charge on any atom is -0.394 e. The molecule has 0 amide bonds. The highest BCUT2D eigenvalue weighted by molar-refractivity contribution is 4.45. The Balaban J connectivity index is 0. The van der Waals surface area contributed by atoms with Crippen molar-refractivity contribution in [3.63, 3.8) is 0 Å². The summed E-state index contributed by atoms with van der Waals surface area (Å²) < 4.78 is 0. The van der Waals surface area contributed by atoms with Crippen LogP contribution in [-0.4, -0.2) is 34.6 Å². The summed E-state index contributed by atoms with van der Waals surface area (Å²) in [6, 6.07) is 0. The zero-order chi connectivity index (χ0) is 9.28. The average Bonchev–Trinajstić information content (AvgIpc) is 2.04. The van der Waals surface area contributed by atoms with Crippen LogP contribution in [0.1, 0.15) is 0 Å². The predicted octanol–water partition coefficient (Wildman–Crippen LogP) is -0.650. The fourth-order valence-corrected chi connectivity index (χ4v) is 0.200. The molecule has 66 valence electrons. The van der Waals surface area contributed by atoms with E-state index >= 15 is 0 Å². The summed E-state index contributed by atoms with van der Waals surface area (Å²) in [4.78, 5) is 13.1. The van der Waals surface area contributed by atoms with Crippen molar-refractivity contribution in [2.45, 2.75) is 6.10 Å². The van der Waals surface area contributed by atoms with Crippen molar-refractivity contribution < 1.29 is 20.1 Å². The Morgan fingerprint density at radius 3 is 2.36 bits per heavy atom. The summed E-state index contributed by atoms with van der Waals surface area (Å²) in [6.45, 7) is 4.98. The maximum absolute atomic E-state index is 9.41. The largest absolute Gasteiger partial charge is 0.394 e. The Hall–Kier alpha value is -1.14. The minimum atomic E-state index is -1.17. The summed E-state index contributed by atoms with van der Waals surface area (Å²) in [5.41, 5.74) is 0. The van der Waals surface area contributed by atoms with Gasteiger partial charge in [-0.2, -0.15) is 0 Å². The first kappa shape index (κ1) is 12.5. The molecule has 0 aromatic heterocycles. The molecule has 0 spiro atoms. The monoisotopic (exact) mass is 165 g/mol. The predicted molar refractivity (Wildman–Crippen MR) is 37.3 cm³/mol. The van der Waals surface area contributed by atoms with Gasteiger partial charge in [0.15, 0.2) is 0 Å². The van der Waals surface area contributed by atoms with E-state index in [1.165, 1.54) is 0 Å². The second-order valence-electron chi connectivity index (χ2n) is 1.36. The van der Waals surface area contributed by atoms with Gasteiger partial charge < -0.3 is 15.1 Å². The molecule has 2 N–H and O–H groups in total. The second-order valence-corrected chi connectivity index (χ2v) is 1.36. The topological polar surface area (TPSA) is 92.8 Å². The Bertz CT molecular complexity index is 107. The lowest BCUT2D eigenvalue weighted by molar-refractivity contribution is -0.759. The molecule has 0 rings (SSSR count). The molecule has 0 saturated carbocycles. The summed E-state index contributed by atoms with van der Waals surface area (Å²) in [7, 11) is 0. The van der Waals surface area contributed by atoms with E-state index in [4.69, 9.17) is 10.2 Å². The molecule has 6 heteroatoms. The third-order valence-electron chi connectivity index (χ3n) is 0.583. The molecule has 0 aliphatic rings. The van der Waals surface area contributed by atoms with Gasteiger partial charge in [-0.05, 0) is 0 Å². The highest BCUT2D eigenvalue weighted by atomic mass is 17.0. The van der Waals surface area contributed by atoms with Gasteiger partial charge in [0.25, 0.3) is 5.09 Å². The maximum Gasteiger partial charge on any atom is 0.294 e. The lowest BCUT2D eigenvalue weighted by atomic mass is 10.4. The summed E-state index contributed by atoms with van der Waals surface area (Å²) in [5.74, 6) is 0. The third kappa shape index (κ3) is 12.1. The molecule has 0 aliphatic heterocycles. The van der Waals surface area contributed by atoms with Crippen LogP contribution in [0.3, 0.4) is 0 Å². The van der Waals surface area contributed by atoms with Crippen molar-refractivity contribution in [1.29, 1.82) is 0 Å². The summed E-state index contributed by atoms with van der Waals surface area (Å²) in [6.07, 6.45) is -1.17. The molecule has 1 unspecified atom stereocenters. The Morgan fingerprint density at radius 1 is 1.64 bits per heavy atom. The third-order valence-corrected chi connectivity index (χ3v) is 0.583. The van der Waals surface area contributed by atoms with Crippen LogP contribution in [0.15, 0.2) is 13.2 Å². The van der Waals surface area contributed by atoms with Crippen LogP contribution in [-0.2, 0) is 4.84 Å². The van der Waals surface area contributed by atoms with E-state index in [9.17, 15) is 10.1 Å². The van der Waals surface area contributed by atoms with Gasteiger partial charge in [-0.25, -0.2) is 0 Å². The molecule has 0 aromatic carbocycles. The molecule has 11 heavy (non-hydrogen) atoms. The van der Waals surface area contributed by atoms with Crippen molar-refractivity contribution in [2.24, 2.45) is 0 Å². The average molecular weight is 165 g/mol. The number of nitrogens with zero attached hydrogens (tertiary/aromatic N) is 1. The normalized spacial score (nSPS) is 10.7. The van der Waals surface area contributed by atoms with E-state index in [1.54, 1.807) is 0 Å². The first-order valence-electron chi connectivity index (χ1n) is 2.73. The lowest BCUT2D eigenvalue weighted by Gasteiger charge is -2.02. The number of aliphatic hydroxyl groups excluding tert-OH is 2. The van der Waals surface area contributed by atoms with Gasteiger partial charge in [0, 0.05) is 0 Å². The molecule has 0 aromatic rings. The van der Waals surface area contributed by atoms with Crippen LogP contribution in [0.5, 0.6) is 0 Å². The van der Waals surface area contributed by atoms with Crippen molar-refractivity contribution in [1.82, 2.24) is 0 Å². The van der Waals surface area contributed by atoms with E-state index < -0.39 is 24.4 Å². The Kier molecular flexibility index (Phi) is 10.1. The van der Waals surface area contributed by atoms with Gasteiger partial charge in [-0.15, -0.1) is 23.3 Å². The highest BCUT2D eigenvalue weighted by Gasteiger charge is 2.03. The van der Waals surface area contributed by atoms with Gasteiger partial charge in [-0.3, -0.25) is 0 Å². The van der Waals surface area contributed by atoms with Gasteiger partial charge in [0.2, 0.25) is 0 Å². The Morgan fingerprint density at radius 2 is 2.09 bits per heavy atom. The van der Waals surface area contributed by atoms with E-state index in [2.05, 4.69) is 18.0 Å². The van der Waals surface area contributed by atoms with E-state index in [0.29, 0.717) is 0 Å². The van der Waals surface area contributed by atoms with Crippen LogP contribution in [0.4, 0.5) is 0 Å². The second kappa shape index (κ2) is 8.86. The fourth-order valence-electron chi connectivity index (χ4n) is 0.200. The Labute approximate surface area is 63.8 Å². The van der Waals surface area contributed by atoms with Crippen LogP contribution >= 0.6 is 0 Å². The molecule has 0 saturated heterocycles. The highest BCUT2D eigenvalue weighted by Crippen LogP contribution is 1.82. The molecule has 1 atom stereocenters. The molecule has 6 nitrogen and oxygen atoms in total. The molecular formula is C5H11NO5. The van der Waals surface area contributed by atoms with Crippen LogP contribution in [0, 0.1) is 10.1 Å². The standard InChI is InChI=1S/C3H7NO5.C2H4/c5-1-3(6)2-9-4(7)8;1-2/h3,5-6H,1-2H2;1-2H2. The van der Waals surface area contributed by atoms with Crippen LogP contribution < -0.4 is 0 Å². The zero-order valence-corrected chi connectivity index (χ0v) is 5.97. The number of hydrogen-bond acceptors (Lipinski definition) is 5. The van der Waals surface area contributed by atoms with Gasteiger partial charge in [0.1, 0.15) is 12.7 Å². The lowest BCUT2D eigenvalue weighted by Crippen LogP contribution is -2.21. The van der Waals surface area contributed by atoms with E-state index in [0.717, 1.165) is 0 Å². The zero-order valence-electron chi connectivity index (χ0n) is 5.97. The summed E-state index contributed by atoms with van der Waals surface area (Å²) >= 11 is 0. The van der Waals surface area contributed by atoms with E-state index in [1.807, 2.05) is 0 Å². The SMILES string of the molecule is C=C.O=[N+]([O-])OCC(O)CO. The summed E-state index contributed by atoms with van der Waals surface area (Å²) in [5, 5.41) is 24.9. The maximum atomic E-state index is 9.41. The van der Waals surface area contributed by atoms with Crippen LogP contribution in [0.2, 0.25) is 0 Å². The van der Waals surface area contributed by atoms with Crippen molar-refractivity contribution in [3.05, 3.63) is 23.3 Å². The molecule has 0 radical (unpaired) electrons. The molecule has 0 fully saturated rings. The van der Waals surface area contributed by atoms with Gasteiger partial charge in [0.05, 0.1) is 6.61 Å². The van der Waals surface area contributed by atoms with Crippen molar-refractivity contribution in [3.8, 4) is 0 Å². The van der Waals surface area contributed by atoms with Gasteiger partial charge >= 0.3 is 0 Å². The van der Waals surface area contributed by atoms with Crippen molar-refractivity contribution in [2.75, 3.05) is 13.2 Å². The quantitative estimate of drug-likeness (QED) is 0.328.